The highest BCUT2D eigenvalue weighted by Gasteiger charge is 2.36. The quantitative estimate of drug-likeness (QED) is 0.597. The Hall–Kier alpha value is -0.830. The van der Waals surface area contributed by atoms with E-state index in [4.69, 9.17) is 0 Å². The maximum absolute atomic E-state index is 12.0. The van der Waals surface area contributed by atoms with Crippen molar-refractivity contribution in [2.45, 2.75) is 25.3 Å². The Bertz CT molecular complexity index is 243. The third-order valence-corrected chi connectivity index (χ3v) is 2.88. The fourth-order valence-corrected chi connectivity index (χ4v) is 2.02. The molecule has 0 radical (unpaired) electrons. The van der Waals surface area contributed by atoms with E-state index >= 15 is 0 Å². The first-order valence-electron chi connectivity index (χ1n) is 4.94. The number of nitrogens with zero attached hydrogens (tertiary/aromatic N) is 1. The lowest BCUT2D eigenvalue weighted by atomic mass is 10.0. The molecule has 1 fully saturated rings. The van der Waals surface area contributed by atoms with Gasteiger partial charge in [0.1, 0.15) is 5.54 Å². The highest BCUT2D eigenvalue weighted by atomic mass is 16.2. The number of carbonyl (C=O) groups excluding carboxylic acids is 1. The van der Waals surface area contributed by atoms with Gasteiger partial charge < -0.3 is 4.90 Å². The van der Waals surface area contributed by atoms with E-state index in [-0.39, 0.29) is 5.91 Å². The second-order valence-corrected chi connectivity index (χ2v) is 3.98. The fraction of sp³-hybridized carbons (Fsp3) is 0.700. The van der Waals surface area contributed by atoms with E-state index in [2.05, 4.69) is 5.32 Å². The predicted octanol–water partition coefficient (Wildman–Crippen LogP) is 0.527. The summed E-state index contributed by atoms with van der Waals surface area (Å²) >= 11 is 0. The Morgan fingerprint density at radius 2 is 2.15 bits per heavy atom. The molecule has 3 nitrogen and oxygen atoms in total. The Morgan fingerprint density at radius 1 is 1.46 bits per heavy atom. The van der Waals surface area contributed by atoms with E-state index in [0.29, 0.717) is 0 Å². The van der Waals surface area contributed by atoms with Crippen LogP contribution in [0.5, 0.6) is 0 Å². The van der Waals surface area contributed by atoms with E-state index in [0.717, 1.165) is 32.5 Å². The number of rotatable bonds is 1. The SMILES string of the molecule is CC1(C(=O)N2CCCC2)C=CCN1. The van der Waals surface area contributed by atoms with Crippen LogP contribution in [0.25, 0.3) is 0 Å². The third kappa shape index (κ3) is 1.48. The molecule has 0 aliphatic carbocycles. The van der Waals surface area contributed by atoms with Gasteiger partial charge >= 0.3 is 0 Å². The van der Waals surface area contributed by atoms with Crippen molar-refractivity contribution in [1.29, 1.82) is 0 Å². The number of likely N-dealkylation sites (tertiary alicyclic amines) is 1. The summed E-state index contributed by atoms with van der Waals surface area (Å²) in [5, 5.41) is 3.21. The minimum atomic E-state index is -0.426. The summed E-state index contributed by atoms with van der Waals surface area (Å²) in [5.74, 6) is 0.235. The van der Waals surface area contributed by atoms with E-state index < -0.39 is 5.54 Å². The third-order valence-electron chi connectivity index (χ3n) is 2.88. The molecular weight excluding hydrogens is 164 g/mol. The predicted molar refractivity (Wildman–Crippen MR) is 51.4 cm³/mol. The molecule has 2 rings (SSSR count). The molecule has 72 valence electrons. The molecule has 1 atom stereocenters. The van der Waals surface area contributed by atoms with Crippen LogP contribution >= 0.6 is 0 Å². The van der Waals surface area contributed by atoms with Crippen LogP contribution in [0.2, 0.25) is 0 Å². The Labute approximate surface area is 78.8 Å². The van der Waals surface area contributed by atoms with Crippen LogP contribution in [-0.2, 0) is 4.79 Å². The highest BCUT2D eigenvalue weighted by Crippen LogP contribution is 2.18. The first-order valence-corrected chi connectivity index (χ1v) is 4.94. The molecule has 0 spiro atoms. The van der Waals surface area contributed by atoms with Gasteiger partial charge in [-0.3, -0.25) is 10.1 Å². The summed E-state index contributed by atoms with van der Waals surface area (Å²) in [5.41, 5.74) is -0.426. The monoisotopic (exact) mass is 180 g/mol. The summed E-state index contributed by atoms with van der Waals surface area (Å²) in [4.78, 5) is 13.9. The molecule has 0 aromatic rings. The molecule has 2 aliphatic rings. The lowest BCUT2D eigenvalue weighted by molar-refractivity contribution is -0.134. The minimum absolute atomic E-state index is 0.235. The summed E-state index contributed by atoms with van der Waals surface area (Å²) in [6, 6.07) is 0. The van der Waals surface area contributed by atoms with E-state index in [1.54, 1.807) is 0 Å². The van der Waals surface area contributed by atoms with Crippen LogP contribution in [0.3, 0.4) is 0 Å². The van der Waals surface area contributed by atoms with Gasteiger partial charge in [-0.1, -0.05) is 12.2 Å². The number of hydrogen-bond acceptors (Lipinski definition) is 2. The lowest BCUT2D eigenvalue weighted by Crippen LogP contribution is -2.51. The molecule has 1 N–H and O–H groups in total. The normalized spacial score (nSPS) is 32.8. The van der Waals surface area contributed by atoms with Gasteiger partial charge in [0.05, 0.1) is 0 Å². The van der Waals surface area contributed by atoms with Crippen molar-refractivity contribution in [2.75, 3.05) is 19.6 Å². The van der Waals surface area contributed by atoms with E-state index in [1.165, 1.54) is 0 Å². The molecule has 2 heterocycles. The van der Waals surface area contributed by atoms with Gasteiger partial charge in [0.25, 0.3) is 0 Å². The van der Waals surface area contributed by atoms with Crippen LogP contribution in [0, 0.1) is 0 Å². The van der Waals surface area contributed by atoms with Gasteiger partial charge in [-0.2, -0.15) is 0 Å². The van der Waals surface area contributed by atoms with Crippen molar-refractivity contribution in [3.8, 4) is 0 Å². The maximum Gasteiger partial charge on any atom is 0.246 e. The molecule has 0 saturated carbocycles. The molecule has 1 unspecified atom stereocenters. The number of nitrogens with one attached hydrogen (secondary N) is 1. The number of amides is 1. The largest absolute Gasteiger partial charge is 0.341 e. The summed E-state index contributed by atoms with van der Waals surface area (Å²) in [6.07, 6.45) is 6.32. The molecule has 0 bridgehead atoms. The van der Waals surface area contributed by atoms with Crippen molar-refractivity contribution in [3.63, 3.8) is 0 Å². The molecule has 0 aromatic carbocycles. The van der Waals surface area contributed by atoms with Crippen LogP contribution < -0.4 is 5.32 Å². The van der Waals surface area contributed by atoms with E-state index in [1.807, 2.05) is 24.0 Å². The minimum Gasteiger partial charge on any atom is -0.341 e. The topological polar surface area (TPSA) is 32.3 Å². The molecule has 1 saturated heterocycles. The summed E-state index contributed by atoms with van der Waals surface area (Å²) < 4.78 is 0. The molecule has 3 heteroatoms. The molecule has 1 amide bonds. The second-order valence-electron chi connectivity index (χ2n) is 3.98. The average molecular weight is 180 g/mol. The molecule has 0 aromatic heterocycles. The smallest absolute Gasteiger partial charge is 0.246 e. The average Bonchev–Trinajstić information content (AvgIpc) is 2.73. The van der Waals surface area contributed by atoms with Crippen LogP contribution in [0.4, 0.5) is 0 Å². The molecule has 2 aliphatic heterocycles. The Kier molecular flexibility index (Phi) is 2.12. The van der Waals surface area contributed by atoms with Crippen molar-refractivity contribution in [1.82, 2.24) is 10.2 Å². The molecular formula is C10H16N2O. The van der Waals surface area contributed by atoms with Gasteiger partial charge in [-0.05, 0) is 19.8 Å². The summed E-state index contributed by atoms with van der Waals surface area (Å²) in [7, 11) is 0. The number of carbonyl (C=O) groups is 1. The number of hydrogen-bond donors (Lipinski definition) is 1. The van der Waals surface area contributed by atoms with Gasteiger partial charge in [-0.25, -0.2) is 0 Å². The zero-order valence-electron chi connectivity index (χ0n) is 8.05. The van der Waals surface area contributed by atoms with Crippen molar-refractivity contribution in [3.05, 3.63) is 12.2 Å². The zero-order valence-corrected chi connectivity index (χ0v) is 8.05. The van der Waals surface area contributed by atoms with Crippen molar-refractivity contribution in [2.24, 2.45) is 0 Å². The zero-order chi connectivity index (χ0) is 9.31. The van der Waals surface area contributed by atoms with E-state index in [9.17, 15) is 4.79 Å². The van der Waals surface area contributed by atoms with Crippen molar-refractivity contribution < 1.29 is 4.79 Å². The maximum atomic E-state index is 12.0. The second kappa shape index (κ2) is 3.14. The van der Waals surface area contributed by atoms with Gasteiger partial charge in [0.2, 0.25) is 5.91 Å². The summed E-state index contributed by atoms with van der Waals surface area (Å²) in [6.45, 7) is 4.64. The Morgan fingerprint density at radius 3 is 2.69 bits per heavy atom. The first kappa shape index (κ1) is 8.75. The first-order chi connectivity index (χ1) is 6.22. The Balaban J connectivity index is 2.06. The molecule has 13 heavy (non-hydrogen) atoms. The standard InChI is InChI=1S/C10H16N2O/c1-10(5-4-6-11-10)9(13)12-7-2-3-8-12/h4-5,11H,2-3,6-8H2,1H3. The fourth-order valence-electron chi connectivity index (χ4n) is 2.02. The van der Waals surface area contributed by atoms with Crippen LogP contribution in [0.1, 0.15) is 19.8 Å². The van der Waals surface area contributed by atoms with Gasteiger partial charge in [0.15, 0.2) is 0 Å². The van der Waals surface area contributed by atoms with Gasteiger partial charge in [0, 0.05) is 19.6 Å². The van der Waals surface area contributed by atoms with Gasteiger partial charge in [-0.15, -0.1) is 0 Å². The highest BCUT2D eigenvalue weighted by molar-refractivity contribution is 5.88. The van der Waals surface area contributed by atoms with Crippen LogP contribution in [-0.4, -0.2) is 36.0 Å². The van der Waals surface area contributed by atoms with Crippen molar-refractivity contribution >= 4 is 5.91 Å². The lowest BCUT2D eigenvalue weighted by Gasteiger charge is -2.27. The van der Waals surface area contributed by atoms with Crippen LogP contribution in [0.15, 0.2) is 12.2 Å².